The highest BCUT2D eigenvalue weighted by molar-refractivity contribution is 7.99. The molecule has 1 aromatic heterocycles. The van der Waals surface area contributed by atoms with Crippen LogP contribution >= 0.6 is 11.8 Å². The van der Waals surface area contributed by atoms with Gasteiger partial charge in [-0.1, -0.05) is 36.0 Å². The zero-order valence-corrected chi connectivity index (χ0v) is 12.8. The lowest BCUT2D eigenvalue weighted by atomic mass is 10.1. The quantitative estimate of drug-likeness (QED) is 0.727. The van der Waals surface area contributed by atoms with Crippen LogP contribution in [0.2, 0.25) is 0 Å². The molecule has 23 heavy (non-hydrogen) atoms. The molecule has 0 fully saturated rings. The van der Waals surface area contributed by atoms with E-state index in [0.29, 0.717) is 5.16 Å². The van der Waals surface area contributed by atoms with Gasteiger partial charge in [0.15, 0.2) is 0 Å². The molecule has 1 N–H and O–H groups in total. The first-order chi connectivity index (χ1) is 11.1. The highest BCUT2D eigenvalue weighted by atomic mass is 32.2. The summed E-state index contributed by atoms with van der Waals surface area (Å²) in [6, 6.07) is 12.9. The van der Waals surface area contributed by atoms with Crippen LogP contribution in [-0.2, 0) is 0 Å². The first kappa shape index (κ1) is 15.6. The SMILES string of the molecule is OC(CSc1ncn(-c2ccccc2)n1)c1c(F)cccc1F. The number of rotatable bonds is 5. The molecular formula is C16H13F2N3OS. The maximum absolute atomic E-state index is 13.6. The lowest BCUT2D eigenvalue weighted by Crippen LogP contribution is -2.06. The third-order valence-electron chi connectivity index (χ3n) is 3.19. The number of aliphatic hydroxyl groups is 1. The van der Waals surface area contributed by atoms with Crippen LogP contribution in [0.1, 0.15) is 11.7 Å². The van der Waals surface area contributed by atoms with E-state index in [1.165, 1.54) is 6.07 Å². The predicted octanol–water partition coefficient (Wildman–Crippen LogP) is 3.37. The molecule has 7 heteroatoms. The van der Waals surface area contributed by atoms with Crippen LogP contribution in [0.5, 0.6) is 0 Å². The highest BCUT2D eigenvalue weighted by Crippen LogP contribution is 2.26. The summed E-state index contributed by atoms with van der Waals surface area (Å²) in [6.45, 7) is 0. The van der Waals surface area contributed by atoms with E-state index in [4.69, 9.17) is 0 Å². The Morgan fingerprint density at radius 2 is 1.74 bits per heavy atom. The summed E-state index contributed by atoms with van der Waals surface area (Å²) < 4.78 is 28.8. The van der Waals surface area contributed by atoms with Gasteiger partial charge in [0.2, 0.25) is 5.16 Å². The normalized spacial score (nSPS) is 12.3. The van der Waals surface area contributed by atoms with Crippen LogP contribution in [0.3, 0.4) is 0 Å². The standard InChI is InChI=1S/C16H13F2N3OS/c17-12-7-4-8-13(18)15(12)14(22)9-23-16-19-10-21(20-16)11-5-2-1-3-6-11/h1-8,10,14,22H,9H2. The van der Waals surface area contributed by atoms with Gasteiger partial charge < -0.3 is 5.11 Å². The van der Waals surface area contributed by atoms with Gasteiger partial charge in [-0.2, -0.15) is 0 Å². The summed E-state index contributed by atoms with van der Waals surface area (Å²) in [4.78, 5) is 4.12. The fourth-order valence-electron chi connectivity index (χ4n) is 2.08. The first-order valence-corrected chi connectivity index (χ1v) is 7.85. The topological polar surface area (TPSA) is 50.9 Å². The minimum absolute atomic E-state index is 0.0522. The van der Waals surface area contributed by atoms with Gasteiger partial charge in [0.05, 0.1) is 17.4 Å². The summed E-state index contributed by atoms with van der Waals surface area (Å²) >= 11 is 1.13. The molecule has 1 unspecified atom stereocenters. The van der Waals surface area contributed by atoms with E-state index in [0.717, 1.165) is 29.6 Å². The largest absolute Gasteiger partial charge is 0.387 e. The summed E-state index contributed by atoms with van der Waals surface area (Å²) in [7, 11) is 0. The van der Waals surface area contributed by atoms with Crippen LogP contribution in [0.25, 0.3) is 5.69 Å². The minimum atomic E-state index is -1.27. The number of halogens is 2. The number of nitrogens with zero attached hydrogens (tertiary/aromatic N) is 3. The monoisotopic (exact) mass is 333 g/mol. The second kappa shape index (κ2) is 6.89. The third-order valence-corrected chi connectivity index (χ3v) is 4.12. The Morgan fingerprint density at radius 3 is 2.43 bits per heavy atom. The van der Waals surface area contributed by atoms with Crippen LogP contribution in [-0.4, -0.2) is 25.6 Å². The van der Waals surface area contributed by atoms with E-state index in [9.17, 15) is 13.9 Å². The van der Waals surface area contributed by atoms with Crippen molar-refractivity contribution in [2.75, 3.05) is 5.75 Å². The number of aliphatic hydroxyl groups excluding tert-OH is 1. The van der Waals surface area contributed by atoms with Crippen molar-refractivity contribution in [3.8, 4) is 5.69 Å². The number of hydrogen-bond acceptors (Lipinski definition) is 4. The average molecular weight is 333 g/mol. The molecule has 1 heterocycles. The lowest BCUT2D eigenvalue weighted by Gasteiger charge is -2.11. The first-order valence-electron chi connectivity index (χ1n) is 6.87. The van der Waals surface area contributed by atoms with Gasteiger partial charge in [0, 0.05) is 5.75 Å². The van der Waals surface area contributed by atoms with E-state index >= 15 is 0 Å². The molecule has 0 saturated heterocycles. The fraction of sp³-hybridized carbons (Fsp3) is 0.125. The van der Waals surface area contributed by atoms with E-state index in [2.05, 4.69) is 10.1 Å². The van der Waals surface area contributed by atoms with Crippen LogP contribution in [0.4, 0.5) is 8.78 Å². The molecule has 118 valence electrons. The molecule has 0 radical (unpaired) electrons. The van der Waals surface area contributed by atoms with E-state index in [-0.39, 0.29) is 11.3 Å². The molecule has 0 spiro atoms. The maximum atomic E-state index is 13.6. The lowest BCUT2D eigenvalue weighted by molar-refractivity contribution is 0.193. The Bertz CT molecular complexity index is 775. The molecule has 4 nitrogen and oxygen atoms in total. The second-order valence-electron chi connectivity index (χ2n) is 4.77. The van der Waals surface area contributed by atoms with Crippen LogP contribution in [0.15, 0.2) is 60.0 Å². The average Bonchev–Trinajstić information content (AvgIpc) is 3.02. The Hall–Kier alpha value is -2.25. The summed E-state index contributed by atoms with van der Waals surface area (Å²) in [5.74, 6) is -1.47. The third kappa shape index (κ3) is 3.57. The molecular weight excluding hydrogens is 320 g/mol. The van der Waals surface area contributed by atoms with Crippen molar-refractivity contribution in [2.24, 2.45) is 0 Å². The van der Waals surface area contributed by atoms with Crippen molar-refractivity contribution in [3.63, 3.8) is 0 Å². The Kier molecular flexibility index (Phi) is 4.68. The molecule has 0 bridgehead atoms. The molecule has 0 aliphatic rings. The Morgan fingerprint density at radius 1 is 1.04 bits per heavy atom. The number of thioether (sulfide) groups is 1. The van der Waals surface area contributed by atoms with Crippen molar-refractivity contribution < 1.29 is 13.9 Å². The summed E-state index contributed by atoms with van der Waals surface area (Å²) in [5.41, 5.74) is 0.523. The summed E-state index contributed by atoms with van der Waals surface area (Å²) in [6.07, 6.45) is 0.276. The molecule has 0 aliphatic heterocycles. The van der Waals surface area contributed by atoms with Gasteiger partial charge in [-0.25, -0.2) is 18.4 Å². The Balaban J connectivity index is 1.68. The number of benzene rings is 2. The molecule has 0 amide bonds. The molecule has 2 aromatic carbocycles. The summed E-state index contributed by atoms with van der Waals surface area (Å²) in [5, 5.41) is 14.7. The Labute approximate surface area is 135 Å². The maximum Gasteiger partial charge on any atom is 0.208 e. The van der Waals surface area contributed by atoms with E-state index in [1.54, 1.807) is 11.0 Å². The van der Waals surface area contributed by atoms with Gasteiger partial charge in [0.1, 0.15) is 18.0 Å². The molecule has 3 aromatic rings. The zero-order valence-electron chi connectivity index (χ0n) is 11.9. The van der Waals surface area contributed by atoms with Gasteiger partial charge in [-0.05, 0) is 24.3 Å². The van der Waals surface area contributed by atoms with E-state index < -0.39 is 17.7 Å². The molecule has 0 saturated carbocycles. The number of aromatic nitrogens is 3. The zero-order chi connectivity index (χ0) is 16.2. The molecule has 3 rings (SSSR count). The smallest absolute Gasteiger partial charge is 0.208 e. The van der Waals surface area contributed by atoms with Crippen molar-refractivity contribution in [1.29, 1.82) is 0 Å². The van der Waals surface area contributed by atoms with Crippen molar-refractivity contribution in [3.05, 3.63) is 72.1 Å². The van der Waals surface area contributed by atoms with Crippen molar-refractivity contribution in [1.82, 2.24) is 14.8 Å². The van der Waals surface area contributed by atoms with Gasteiger partial charge in [-0.15, -0.1) is 5.10 Å². The van der Waals surface area contributed by atoms with Gasteiger partial charge in [0.25, 0.3) is 0 Å². The second-order valence-corrected chi connectivity index (χ2v) is 5.76. The van der Waals surface area contributed by atoms with Gasteiger partial charge >= 0.3 is 0 Å². The number of para-hydroxylation sites is 1. The number of hydrogen-bond donors (Lipinski definition) is 1. The van der Waals surface area contributed by atoms with Crippen LogP contribution in [0, 0.1) is 11.6 Å². The van der Waals surface area contributed by atoms with Crippen molar-refractivity contribution >= 4 is 11.8 Å². The molecule has 0 aliphatic carbocycles. The molecule has 1 atom stereocenters. The van der Waals surface area contributed by atoms with E-state index in [1.807, 2.05) is 30.3 Å². The predicted molar refractivity (Wildman–Crippen MR) is 83.4 cm³/mol. The minimum Gasteiger partial charge on any atom is -0.387 e. The van der Waals surface area contributed by atoms with Gasteiger partial charge in [-0.3, -0.25) is 0 Å². The van der Waals surface area contributed by atoms with Crippen LogP contribution < -0.4 is 0 Å². The fourth-order valence-corrected chi connectivity index (χ4v) is 2.83. The van der Waals surface area contributed by atoms with Crippen molar-refractivity contribution in [2.45, 2.75) is 11.3 Å². The highest BCUT2D eigenvalue weighted by Gasteiger charge is 2.18.